The molecular weight excluding hydrogens is 519 g/mol. The summed E-state index contributed by atoms with van der Waals surface area (Å²) in [4.78, 5) is 19.5. The molecule has 2 N–H and O–H groups in total. The number of halogens is 1. The number of hydrogen-bond acceptors (Lipinski definition) is 7. The summed E-state index contributed by atoms with van der Waals surface area (Å²) in [7, 11) is 3.09. The van der Waals surface area contributed by atoms with Crippen LogP contribution in [-0.2, 0) is 4.79 Å². The van der Waals surface area contributed by atoms with E-state index in [1.54, 1.807) is 61.6 Å². The quantitative estimate of drug-likeness (QED) is 0.267. The molecule has 1 aliphatic rings. The normalized spacial score (nSPS) is 17.4. The van der Waals surface area contributed by atoms with Crippen LogP contribution in [0.1, 0.15) is 23.3 Å². The maximum Gasteiger partial charge on any atom is 0.243 e. The van der Waals surface area contributed by atoms with Crippen molar-refractivity contribution in [2.24, 2.45) is 0 Å². The van der Waals surface area contributed by atoms with Gasteiger partial charge in [0.05, 0.1) is 26.4 Å². The van der Waals surface area contributed by atoms with Crippen LogP contribution < -0.4 is 14.4 Å². The summed E-state index contributed by atoms with van der Waals surface area (Å²) in [6.45, 7) is 0. The largest absolute Gasteiger partial charge is 0.508 e. The van der Waals surface area contributed by atoms with E-state index in [1.807, 2.05) is 30.3 Å². The van der Waals surface area contributed by atoms with Gasteiger partial charge in [-0.25, -0.2) is 4.39 Å². The number of amides is 1. The first-order valence-electron chi connectivity index (χ1n) is 12.3. The minimum atomic E-state index is -0.842. The van der Waals surface area contributed by atoms with Crippen LogP contribution in [0.3, 0.4) is 0 Å². The standard InChI is InChI=1S/C30H27FN2O5S/c1-37-26-16-15-24(29(32-26)38-2)18-5-11-22(12-6-18)33-27(20-7-13-23(34)14-8-20)28(30(33)36)39-17-25(35)19-3-9-21(31)10-4-19/h3-16,25,27-28,34-35H,17H2,1-2H3/t25-,27+,28+/m0/s1. The lowest BCUT2D eigenvalue weighted by atomic mass is 9.92. The summed E-state index contributed by atoms with van der Waals surface area (Å²) >= 11 is 1.36. The number of aliphatic hydroxyl groups is 1. The Morgan fingerprint density at radius 2 is 1.64 bits per heavy atom. The molecule has 2 heterocycles. The predicted molar refractivity (Wildman–Crippen MR) is 149 cm³/mol. The number of pyridine rings is 1. The van der Waals surface area contributed by atoms with Crippen molar-refractivity contribution >= 4 is 23.4 Å². The Kier molecular flexibility index (Phi) is 7.72. The number of methoxy groups -OCH3 is 2. The number of benzene rings is 3. The average Bonchev–Trinajstić information content (AvgIpc) is 2.96. The molecule has 7 nitrogen and oxygen atoms in total. The smallest absolute Gasteiger partial charge is 0.243 e. The average molecular weight is 547 g/mol. The van der Waals surface area contributed by atoms with E-state index < -0.39 is 11.4 Å². The zero-order valence-electron chi connectivity index (χ0n) is 21.3. The fraction of sp³-hybridized carbons (Fsp3) is 0.200. The molecule has 1 amide bonds. The third-order valence-electron chi connectivity index (χ3n) is 6.66. The van der Waals surface area contributed by atoms with Gasteiger partial charge < -0.3 is 24.6 Å². The number of phenolic OH excluding ortho intramolecular Hbond substituents is 1. The van der Waals surface area contributed by atoms with Crippen molar-refractivity contribution in [2.45, 2.75) is 17.4 Å². The summed E-state index contributed by atoms with van der Waals surface area (Å²) in [6, 6.07) is 23.4. The van der Waals surface area contributed by atoms with E-state index in [4.69, 9.17) is 9.47 Å². The zero-order valence-corrected chi connectivity index (χ0v) is 22.1. The zero-order chi connectivity index (χ0) is 27.5. The van der Waals surface area contributed by atoms with Gasteiger partial charge in [0.1, 0.15) is 16.8 Å². The van der Waals surface area contributed by atoms with Gasteiger partial charge in [0, 0.05) is 23.1 Å². The Balaban J connectivity index is 1.38. The van der Waals surface area contributed by atoms with Crippen molar-refractivity contribution < 1.29 is 28.9 Å². The number of aromatic hydroxyl groups is 1. The second-order valence-corrected chi connectivity index (χ2v) is 10.2. The molecule has 9 heteroatoms. The van der Waals surface area contributed by atoms with Gasteiger partial charge >= 0.3 is 0 Å². The third-order valence-corrected chi connectivity index (χ3v) is 7.99. The lowest BCUT2D eigenvalue weighted by molar-refractivity contribution is -0.123. The molecular formula is C30H27FN2O5S. The summed E-state index contributed by atoms with van der Waals surface area (Å²) in [5.41, 5.74) is 3.84. The molecule has 3 atom stereocenters. The minimum Gasteiger partial charge on any atom is -0.508 e. The van der Waals surface area contributed by atoms with Crippen molar-refractivity contribution in [1.29, 1.82) is 0 Å². The first-order valence-corrected chi connectivity index (χ1v) is 13.3. The number of nitrogens with zero attached hydrogens (tertiary/aromatic N) is 2. The Morgan fingerprint density at radius 1 is 0.949 bits per heavy atom. The number of carbonyl (C=O) groups excluding carboxylic acids is 1. The Morgan fingerprint density at radius 3 is 2.28 bits per heavy atom. The van der Waals surface area contributed by atoms with Crippen LogP contribution in [0.15, 0.2) is 84.9 Å². The molecule has 0 saturated carbocycles. The van der Waals surface area contributed by atoms with Crippen LogP contribution in [-0.4, -0.2) is 46.3 Å². The van der Waals surface area contributed by atoms with E-state index in [2.05, 4.69) is 4.98 Å². The van der Waals surface area contributed by atoms with Crippen LogP contribution in [0.2, 0.25) is 0 Å². The summed E-state index contributed by atoms with van der Waals surface area (Å²) in [5, 5.41) is 20.0. The second kappa shape index (κ2) is 11.3. The molecule has 0 unspecified atom stereocenters. The SMILES string of the molecule is COc1ccc(-c2ccc(N3C(=O)[C@H](SC[C@H](O)c4ccc(F)cc4)[C@H]3c3ccc(O)cc3)cc2)c(OC)n1. The van der Waals surface area contributed by atoms with Crippen molar-refractivity contribution in [2.75, 3.05) is 24.9 Å². The summed E-state index contributed by atoms with van der Waals surface area (Å²) in [5.74, 6) is 0.833. The number of rotatable bonds is 9. The van der Waals surface area contributed by atoms with Gasteiger partial charge in [0.15, 0.2) is 0 Å². The Bertz CT molecular complexity index is 1450. The fourth-order valence-corrected chi connectivity index (χ4v) is 5.90. The molecule has 200 valence electrons. The van der Waals surface area contributed by atoms with E-state index in [9.17, 15) is 19.4 Å². The third kappa shape index (κ3) is 5.41. The van der Waals surface area contributed by atoms with Gasteiger partial charge in [-0.2, -0.15) is 4.98 Å². The lowest BCUT2D eigenvalue weighted by Crippen LogP contribution is -2.57. The topological polar surface area (TPSA) is 92.1 Å². The first-order chi connectivity index (χ1) is 18.9. The van der Waals surface area contributed by atoms with Crippen LogP contribution in [0, 0.1) is 5.82 Å². The van der Waals surface area contributed by atoms with Gasteiger partial charge in [-0.15, -0.1) is 11.8 Å². The fourth-order valence-electron chi connectivity index (χ4n) is 4.60. The predicted octanol–water partition coefficient (Wildman–Crippen LogP) is 5.53. The molecule has 3 aromatic carbocycles. The highest BCUT2D eigenvalue weighted by Crippen LogP contribution is 2.46. The summed E-state index contributed by atoms with van der Waals surface area (Å²) < 4.78 is 23.9. The number of aliphatic hydroxyl groups excluding tert-OH is 1. The number of thioether (sulfide) groups is 1. The molecule has 39 heavy (non-hydrogen) atoms. The molecule has 1 fully saturated rings. The van der Waals surface area contributed by atoms with Gasteiger partial charge in [0.25, 0.3) is 0 Å². The molecule has 0 spiro atoms. The second-order valence-electron chi connectivity index (χ2n) is 9.02. The van der Waals surface area contributed by atoms with Gasteiger partial charge in [0.2, 0.25) is 17.7 Å². The van der Waals surface area contributed by atoms with Crippen LogP contribution in [0.5, 0.6) is 17.5 Å². The highest BCUT2D eigenvalue weighted by atomic mass is 32.2. The molecule has 4 aromatic rings. The monoisotopic (exact) mass is 546 g/mol. The minimum absolute atomic E-state index is 0.0826. The molecule has 1 aliphatic heterocycles. The first kappa shape index (κ1) is 26.5. The van der Waals surface area contributed by atoms with Gasteiger partial charge in [-0.1, -0.05) is 36.4 Å². The van der Waals surface area contributed by atoms with Crippen LogP contribution in [0.4, 0.5) is 10.1 Å². The van der Waals surface area contributed by atoms with E-state index in [0.717, 1.165) is 22.4 Å². The van der Waals surface area contributed by atoms with E-state index in [1.165, 1.54) is 23.9 Å². The molecule has 5 rings (SSSR count). The van der Waals surface area contributed by atoms with Crippen molar-refractivity contribution in [3.8, 4) is 28.6 Å². The van der Waals surface area contributed by atoms with Crippen molar-refractivity contribution in [3.63, 3.8) is 0 Å². The Hall–Kier alpha value is -4.08. The highest BCUT2D eigenvalue weighted by molar-refractivity contribution is 8.00. The van der Waals surface area contributed by atoms with Crippen LogP contribution >= 0.6 is 11.8 Å². The number of anilines is 1. The molecule has 0 bridgehead atoms. The molecule has 0 radical (unpaired) electrons. The van der Waals surface area contributed by atoms with E-state index >= 15 is 0 Å². The highest BCUT2D eigenvalue weighted by Gasteiger charge is 2.49. The number of carbonyl (C=O) groups is 1. The van der Waals surface area contributed by atoms with Gasteiger partial charge in [-0.05, 0) is 59.2 Å². The summed E-state index contributed by atoms with van der Waals surface area (Å²) in [6.07, 6.45) is -0.842. The number of aromatic nitrogens is 1. The van der Waals surface area contributed by atoms with Crippen LogP contribution in [0.25, 0.3) is 11.1 Å². The number of hydrogen-bond donors (Lipinski definition) is 2. The van der Waals surface area contributed by atoms with E-state index in [0.29, 0.717) is 17.3 Å². The maximum absolute atomic E-state index is 13.4. The molecule has 1 saturated heterocycles. The number of β-lactam (4-membered cyclic amide) rings is 1. The van der Waals surface area contributed by atoms with Gasteiger partial charge in [-0.3, -0.25) is 4.79 Å². The maximum atomic E-state index is 13.4. The van der Waals surface area contributed by atoms with E-state index in [-0.39, 0.29) is 29.3 Å². The number of ether oxygens (including phenoxy) is 2. The lowest BCUT2D eigenvalue weighted by Gasteiger charge is -2.47. The van der Waals surface area contributed by atoms with Crippen molar-refractivity contribution in [3.05, 3.63) is 102 Å². The Labute approximate surface area is 229 Å². The van der Waals surface area contributed by atoms with Crippen molar-refractivity contribution in [1.82, 2.24) is 4.98 Å². The molecule has 1 aromatic heterocycles. The number of phenols is 1. The molecule has 0 aliphatic carbocycles.